The summed E-state index contributed by atoms with van der Waals surface area (Å²) in [6, 6.07) is 12.1. The van der Waals surface area contributed by atoms with Crippen LogP contribution in [0, 0.1) is 19.8 Å². The van der Waals surface area contributed by atoms with Gasteiger partial charge in [0.05, 0.1) is 5.69 Å². The van der Waals surface area contributed by atoms with E-state index in [2.05, 4.69) is 74.1 Å². The number of hydrogen-bond acceptors (Lipinski definition) is 8. The molecule has 1 amide bonds. The Morgan fingerprint density at radius 2 is 1.78 bits per heavy atom. The van der Waals surface area contributed by atoms with Crippen molar-refractivity contribution in [2.75, 3.05) is 47.1 Å². The van der Waals surface area contributed by atoms with Crippen LogP contribution in [0.1, 0.15) is 31.4 Å². The first-order valence-electron chi connectivity index (χ1n) is 14.0. The lowest BCUT2D eigenvalue weighted by Gasteiger charge is -2.37. The number of carbonyl (C=O) groups is 1. The molecule has 2 atom stereocenters. The lowest BCUT2D eigenvalue weighted by atomic mass is 10.1. The van der Waals surface area contributed by atoms with Gasteiger partial charge in [-0.15, -0.1) is 0 Å². The van der Waals surface area contributed by atoms with E-state index in [-0.39, 0.29) is 11.4 Å². The zero-order chi connectivity index (χ0) is 29.1. The number of likely N-dealkylation sites (tertiary alicyclic amines) is 1. The summed E-state index contributed by atoms with van der Waals surface area (Å²) < 4.78 is 32.2. The molecule has 1 aromatic heterocycles. The highest BCUT2D eigenvalue weighted by atomic mass is 19.3. The number of nitrogens with one attached hydrogen (secondary N) is 2. The van der Waals surface area contributed by atoms with Crippen molar-refractivity contribution in [3.05, 3.63) is 53.7 Å². The van der Waals surface area contributed by atoms with Crippen LogP contribution >= 0.6 is 0 Å². The Labute approximate surface area is 238 Å². The van der Waals surface area contributed by atoms with Gasteiger partial charge in [0.15, 0.2) is 5.75 Å². The molecule has 2 saturated heterocycles. The molecule has 9 nitrogen and oxygen atoms in total. The Hall–Kier alpha value is -3.99. The van der Waals surface area contributed by atoms with Crippen LogP contribution in [0.4, 0.5) is 43.3 Å². The summed E-state index contributed by atoms with van der Waals surface area (Å²) in [6.45, 7) is 11.9. The minimum atomic E-state index is -3.89. The standard InChI is InChI=1S/C30H35F2N7O2/c1-17(2)14-38-15-23-12-22(38)16-39(23)24-8-6-20(10-18(24)3)35-29-33-13-19(4)27(36-29)34-21-7-9-26-25(11-21)37(5)28(40)30(31,32)41-26/h6-11,13,17,22-23H,12,14-16H2,1-5H3,(H2,33,34,35,36). The third-order valence-electron chi connectivity index (χ3n) is 8.06. The highest BCUT2D eigenvalue weighted by Crippen LogP contribution is 2.41. The van der Waals surface area contributed by atoms with Crippen LogP contribution in [0.25, 0.3) is 0 Å². The van der Waals surface area contributed by atoms with Crippen molar-refractivity contribution in [1.82, 2.24) is 14.9 Å². The largest absolute Gasteiger partial charge is 0.482 e. The Morgan fingerprint density at radius 1 is 1.02 bits per heavy atom. The average Bonchev–Trinajstić information content (AvgIpc) is 3.50. The van der Waals surface area contributed by atoms with Gasteiger partial charge in [0, 0.05) is 67.6 Å². The maximum absolute atomic E-state index is 13.8. The van der Waals surface area contributed by atoms with Gasteiger partial charge in [-0.2, -0.15) is 13.8 Å². The lowest BCUT2D eigenvalue weighted by molar-refractivity contribution is -0.192. The van der Waals surface area contributed by atoms with Crippen LogP contribution in [0.15, 0.2) is 42.6 Å². The maximum Gasteiger partial charge on any atom is 0.482 e. The molecule has 2 bridgehead atoms. The molecule has 3 aliphatic heterocycles. The molecule has 0 saturated carbocycles. The van der Waals surface area contributed by atoms with Crippen molar-refractivity contribution in [1.29, 1.82) is 0 Å². The fraction of sp³-hybridized carbons (Fsp3) is 0.433. The van der Waals surface area contributed by atoms with E-state index < -0.39 is 12.0 Å². The molecular weight excluding hydrogens is 528 g/mol. The van der Waals surface area contributed by atoms with Crippen molar-refractivity contribution in [3.8, 4) is 5.75 Å². The fourth-order valence-electron chi connectivity index (χ4n) is 6.12. The second kappa shape index (κ2) is 10.1. The molecule has 2 N–H and O–H groups in total. The number of ether oxygens (including phenoxy) is 1. The van der Waals surface area contributed by atoms with Gasteiger partial charge < -0.3 is 25.2 Å². The van der Waals surface area contributed by atoms with Crippen LogP contribution in [0.2, 0.25) is 0 Å². The molecule has 216 valence electrons. The molecule has 11 heteroatoms. The third kappa shape index (κ3) is 5.14. The minimum absolute atomic E-state index is 0.0714. The quantitative estimate of drug-likeness (QED) is 0.393. The number of anilines is 6. The molecule has 2 aromatic carbocycles. The predicted molar refractivity (Wildman–Crippen MR) is 156 cm³/mol. The van der Waals surface area contributed by atoms with Crippen LogP contribution in [0.5, 0.6) is 5.75 Å². The zero-order valence-electron chi connectivity index (χ0n) is 23.9. The number of aryl methyl sites for hydroxylation is 2. The van der Waals surface area contributed by atoms with Gasteiger partial charge >= 0.3 is 12.0 Å². The molecule has 3 aliphatic rings. The number of piperazine rings is 1. The Bertz CT molecular complexity index is 1500. The molecule has 41 heavy (non-hydrogen) atoms. The normalized spacial score (nSPS) is 21.3. The number of hydrogen-bond donors (Lipinski definition) is 2. The summed E-state index contributed by atoms with van der Waals surface area (Å²) in [7, 11) is 1.29. The second-order valence-electron chi connectivity index (χ2n) is 11.7. The fourth-order valence-corrected chi connectivity index (χ4v) is 6.12. The first kappa shape index (κ1) is 27.2. The number of amides is 1. The summed E-state index contributed by atoms with van der Waals surface area (Å²) in [6.07, 6.45) is -0.949. The van der Waals surface area contributed by atoms with Gasteiger partial charge in [0.25, 0.3) is 0 Å². The van der Waals surface area contributed by atoms with E-state index in [0.717, 1.165) is 29.2 Å². The highest BCUT2D eigenvalue weighted by Gasteiger charge is 2.49. The monoisotopic (exact) mass is 563 g/mol. The number of likely N-dealkylation sites (N-methyl/N-ethyl adjacent to an activating group) is 1. The van der Waals surface area contributed by atoms with E-state index in [0.29, 0.717) is 35.5 Å². The van der Waals surface area contributed by atoms with Gasteiger partial charge in [-0.1, -0.05) is 13.8 Å². The van der Waals surface area contributed by atoms with Crippen LogP contribution in [0.3, 0.4) is 0 Å². The molecule has 4 heterocycles. The number of carbonyl (C=O) groups excluding carboxylic acids is 1. The van der Waals surface area contributed by atoms with Crippen LogP contribution in [-0.2, 0) is 4.79 Å². The Balaban J connectivity index is 1.15. The SMILES string of the molecule is Cc1cc(Nc2ncc(C)c(Nc3ccc4c(c3)N(C)C(=O)C(F)(F)O4)n2)ccc1N1CC2CC1CN2CC(C)C. The van der Waals surface area contributed by atoms with E-state index in [9.17, 15) is 13.6 Å². The average molecular weight is 564 g/mol. The Morgan fingerprint density at radius 3 is 2.49 bits per heavy atom. The Kier molecular flexibility index (Phi) is 6.72. The van der Waals surface area contributed by atoms with E-state index in [1.54, 1.807) is 18.3 Å². The summed E-state index contributed by atoms with van der Waals surface area (Å²) in [5.74, 6) is 0.163. The smallest absolute Gasteiger partial charge is 0.423 e. The number of fused-ring (bicyclic) bond motifs is 3. The van der Waals surface area contributed by atoms with Gasteiger partial charge in [0.2, 0.25) is 5.95 Å². The topological polar surface area (TPSA) is 85.9 Å². The predicted octanol–water partition coefficient (Wildman–Crippen LogP) is 5.45. The molecule has 2 unspecified atom stereocenters. The van der Waals surface area contributed by atoms with E-state index in [1.807, 2.05) is 6.92 Å². The van der Waals surface area contributed by atoms with Crippen molar-refractivity contribution >= 4 is 40.4 Å². The molecular formula is C30H35F2N7O2. The lowest BCUT2D eigenvalue weighted by Crippen LogP contribution is -2.49. The highest BCUT2D eigenvalue weighted by molar-refractivity contribution is 6.01. The van der Waals surface area contributed by atoms with Crippen molar-refractivity contribution in [2.45, 2.75) is 52.3 Å². The molecule has 0 spiro atoms. The minimum Gasteiger partial charge on any atom is -0.423 e. The molecule has 2 fully saturated rings. The van der Waals surface area contributed by atoms with Gasteiger partial charge in [-0.05, 0) is 68.1 Å². The number of nitrogens with zero attached hydrogens (tertiary/aromatic N) is 5. The first-order valence-corrected chi connectivity index (χ1v) is 14.0. The number of aromatic nitrogens is 2. The molecule has 0 aliphatic carbocycles. The third-order valence-corrected chi connectivity index (χ3v) is 8.06. The summed E-state index contributed by atoms with van der Waals surface area (Å²) in [5.41, 5.74) is 4.96. The summed E-state index contributed by atoms with van der Waals surface area (Å²) in [4.78, 5) is 27.1. The van der Waals surface area contributed by atoms with Crippen LogP contribution < -0.4 is 25.2 Å². The van der Waals surface area contributed by atoms with Crippen molar-refractivity contribution in [3.63, 3.8) is 0 Å². The van der Waals surface area contributed by atoms with Crippen molar-refractivity contribution in [2.24, 2.45) is 5.92 Å². The number of halogens is 2. The summed E-state index contributed by atoms with van der Waals surface area (Å²) in [5, 5.41) is 6.52. The molecule has 0 radical (unpaired) electrons. The zero-order valence-corrected chi connectivity index (χ0v) is 23.9. The van der Waals surface area contributed by atoms with Gasteiger partial charge in [0.1, 0.15) is 5.82 Å². The number of alkyl halides is 2. The van der Waals surface area contributed by atoms with E-state index in [4.69, 9.17) is 0 Å². The molecule has 6 rings (SSSR count). The second-order valence-corrected chi connectivity index (χ2v) is 11.7. The van der Waals surface area contributed by atoms with E-state index >= 15 is 0 Å². The first-order chi connectivity index (χ1) is 19.5. The maximum atomic E-state index is 13.8. The van der Waals surface area contributed by atoms with E-state index in [1.165, 1.54) is 37.3 Å². The summed E-state index contributed by atoms with van der Waals surface area (Å²) >= 11 is 0. The molecule has 3 aromatic rings. The number of benzene rings is 2. The van der Waals surface area contributed by atoms with Crippen molar-refractivity contribution < 1.29 is 18.3 Å². The van der Waals surface area contributed by atoms with Gasteiger partial charge in [-0.3, -0.25) is 9.69 Å². The number of rotatable bonds is 7. The van der Waals surface area contributed by atoms with Crippen LogP contribution in [-0.4, -0.2) is 65.6 Å². The van der Waals surface area contributed by atoms with Gasteiger partial charge in [-0.25, -0.2) is 4.98 Å².